The fourth-order valence-corrected chi connectivity index (χ4v) is 9.67. The Balaban J connectivity index is 0.949. The fourth-order valence-electron chi connectivity index (χ4n) is 9.67. The zero-order valence-electron chi connectivity index (χ0n) is 34.2. The van der Waals surface area contributed by atoms with Crippen LogP contribution in [0.2, 0.25) is 0 Å². The van der Waals surface area contributed by atoms with E-state index < -0.39 is 0 Å². The Hall–Kier alpha value is -8.79. The molecule has 298 valence electrons. The lowest BCUT2D eigenvalue weighted by atomic mass is 9.91. The van der Waals surface area contributed by atoms with Gasteiger partial charge in [0.15, 0.2) is 5.84 Å². The van der Waals surface area contributed by atoms with Crippen LogP contribution in [0.15, 0.2) is 213 Å². The molecule has 0 radical (unpaired) electrons. The van der Waals surface area contributed by atoms with Gasteiger partial charge in [-0.15, -0.1) is 0 Å². The number of hydrogen-bond donors (Lipinski definition) is 1. The van der Waals surface area contributed by atoms with Crippen LogP contribution in [0.4, 0.5) is 0 Å². The van der Waals surface area contributed by atoms with Crippen molar-refractivity contribution in [3.05, 3.63) is 216 Å². The largest absolute Gasteiger partial charge is 0.456 e. The Labute approximate surface area is 366 Å². The van der Waals surface area contributed by atoms with Gasteiger partial charge in [-0.3, -0.25) is 0 Å². The van der Waals surface area contributed by atoms with Gasteiger partial charge in [0.1, 0.15) is 34.3 Å². The third kappa shape index (κ3) is 5.65. The summed E-state index contributed by atoms with van der Waals surface area (Å²) in [6, 6.07) is 69.4. The summed E-state index contributed by atoms with van der Waals surface area (Å²) in [5.41, 5.74) is 11.4. The number of nitrogens with zero attached hydrogens (tertiary/aromatic N) is 3. The van der Waals surface area contributed by atoms with Crippen LogP contribution in [0.5, 0.6) is 0 Å². The van der Waals surface area contributed by atoms with Crippen LogP contribution in [0.25, 0.3) is 98.4 Å². The van der Waals surface area contributed by atoms with Crippen LogP contribution in [-0.2, 0) is 0 Å². The molecule has 0 aliphatic carbocycles. The van der Waals surface area contributed by atoms with Crippen molar-refractivity contribution in [2.75, 3.05) is 0 Å². The maximum atomic E-state index is 9.73. The first-order valence-electron chi connectivity index (χ1n) is 21.4. The van der Waals surface area contributed by atoms with Crippen LogP contribution < -0.4 is 5.32 Å². The molecule has 0 amide bonds. The lowest BCUT2D eigenvalue weighted by Crippen LogP contribution is -2.33. The lowest BCUT2D eigenvalue weighted by molar-refractivity contribution is 0.668. The lowest BCUT2D eigenvalue weighted by Gasteiger charge is -2.24. The van der Waals surface area contributed by atoms with E-state index in [2.05, 4.69) is 127 Å². The molecule has 13 rings (SSSR count). The second-order valence-corrected chi connectivity index (χ2v) is 16.4. The number of aliphatic imine (C=N–C) groups is 2. The first-order valence-corrected chi connectivity index (χ1v) is 21.4. The number of benzene rings is 10. The van der Waals surface area contributed by atoms with Crippen molar-refractivity contribution in [3.8, 4) is 28.3 Å². The molecule has 6 heteroatoms. The van der Waals surface area contributed by atoms with Gasteiger partial charge in [-0.05, 0) is 97.9 Å². The summed E-state index contributed by atoms with van der Waals surface area (Å²) in [7, 11) is 0. The molecule has 3 heterocycles. The molecule has 10 aromatic carbocycles. The number of amidine groups is 2. The predicted molar refractivity (Wildman–Crippen MR) is 261 cm³/mol. The van der Waals surface area contributed by atoms with E-state index in [0.717, 1.165) is 121 Å². The van der Waals surface area contributed by atoms with Gasteiger partial charge < -0.3 is 14.2 Å². The first-order chi connectivity index (χ1) is 31.6. The predicted octanol–water partition coefficient (Wildman–Crippen LogP) is 14.6. The summed E-state index contributed by atoms with van der Waals surface area (Å²) in [5, 5.41) is 24.0. The number of fused-ring (bicyclic) bond motifs is 12. The molecule has 0 saturated heterocycles. The Morgan fingerprint density at radius 1 is 0.438 bits per heavy atom. The zero-order valence-corrected chi connectivity index (χ0v) is 34.2. The van der Waals surface area contributed by atoms with Gasteiger partial charge >= 0.3 is 0 Å². The molecule has 0 spiro atoms. The van der Waals surface area contributed by atoms with Crippen molar-refractivity contribution < 1.29 is 8.83 Å². The Morgan fingerprint density at radius 3 is 1.86 bits per heavy atom. The average molecular weight is 819 g/mol. The zero-order chi connectivity index (χ0) is 42.3. The third-order valence-corrected chi connectivity index (χ3v) is 12.8. The number of hydrogen-bond acceptors (Lipinski definition) is 6. The molecule has 1 aliphatic heterocycles. The minimum Gasteiger partial charge on any atom is -0.456 e. The van der Waals surface area contributed by atoms with E-state index >= 15 is 0 Å². The van der Waals surface area contributed by atoms with Gasteiger partial charge in [-0.1, -0.05) is 146 Å². The topological polar surface area (TPSA) is 86.8 Å². The number of para-hydroxylation sites is 2. The number of nitriles is 1. The molecular formula is C58H34N4O2. The first kappa shape index (κ1) is 35.9. The van der Waals surface area contributed by atoms with Gasteiger partial charge in [0.25, 0.3) is 0 Å². The number of furan rings is 2. The Bertz CT molecular complexity index is 4000. The molecule has 2 aromatic heterocycles. The maximum absolute atomic E-state index is 9.73. The fraction of sp³-hybridized carbons (Fsp3) is 0.0172. The van der Waals surface area contributed by atoms with Crippen molar-refractivity contribution in [2.24, 2.45) is 9.98 Å². The van der Waals surface area contributed by atoms with E-state index in [1.165, 1.54) is 0 Å². The summed E-state index contributed by atoms with van der Waals surface area (Å²) >= 11 is 0. The van der Waals surface area contributed by atoms with Gasteiger partial charge in [0.05, 0.1) is 11.6 Å². The second kappa shape index (κ2) is 14.1. The van der Waals surface area contributed by atoms with Crippen LogP contribution in [0.1, 0.15) is 28.4 Å². The highest BCUT2D eigenvalue weighted by Gasteiger charge is 2.24. The SMILES string of the molecule is N#Cc1ccc(-c2ccc(-c3ccc4c5ccc(C6=NC(c7ccccc7)NC(c7ccc8oc9ccccc9c8c7)=N6)cc5c5oc6ccccc6c5c4c3)cc2)c2ccccc12. The van der Waals surface area contributed by atoms with E-state index in [1.807, 2.05) is 78.9 Å². The summed E-state index contributed by atoms with van der Waals surface area (Å²) in [6.07, 6.45) is -0.352. The molecule has 1 aliphatic rings. The van der Waals surface area contributed by atoms with Crippen molar-refractivity contribution in [2.45, 2.75) is 6.17 Å². The average Bonchev–Trinajstić information content (AvgIpc) is 3.95. The summed E-state index contributed by atoms with van der Waals surface area (Å²) in [4.78, 5) is 10.5. The maximum Gasteiger partial charge on any atom is 0.159 e. The molecule has 1 atom stereocenters. The Kier molecular flexibility index (Phi) is 7.93. The molecule has 6 nitrogen and oxygen atoms in total. The standard InChI is InChI=1S/C58H34N4O2/c59-33-40-24-26-42(43-13-5-4-12-41(40)43)35-20-18-34(19-21-35)37-22-27-44-45-28-23-38(32-50(45)55-54(49(44)30-37)47-15-7-9-17-52(47)64-55)57-60-56(36-10-2-1-3-11-36)61-58(62-57)39-25-29-53-48(31-39)46-14-6-8-16-51(46)63-53/h1-32,56H,(H,60,61,62). The highest BCUT2D eigenvalue weighted by molar-refractivity contribution is 6.31. The molecular weight excluding hydrogens is 785 g/mol. The molecule has 0 bridgehead atoms. The third-order valence-electron chi connectivity index (χ3n) is 12.8. The van der Waals surface area contributed by atoms with Crippen LogP contribution >= 0.6 is 0 Å². The smallest absolute Gasteiger partial charge is 0.159 e. The highest BCUT2D eigenvalue weighted by Crippen LogP contribution is 2.43. The van der Waals surface area contributed by atoms with E-state index in [9.17, 15) is 5.26 Å². The van der Waals surface area contributed by atoms with Crippen molar-refractivity contribution in [1.29, 1.82) is 5.26 Å². The minimum atomic E-state index is -0.352. The van der Waals surface area contributed by atoms with Crippen molar-refractivity contribution >= 4 is 87.9 Å². The molecule has 1 unspecified atom stereocenters. The summed E-state index contributed by atoms with van der Waals surface area (Å²) in [6.45, 7) is 0. The normalized spacial score (nSPS) is 14.1. The van der Waals surface area contributed by atoms with E-state index in [-0.39, 0.29) is 6.17 Å². The van der Waals surface area contributed by atoms with Gasteiger partial charge in [-0.25, -0.2) is 9.98 Å². The Morgan fingerprint density at radius 2 is 1.05 bits per heavy atom. The number of rotatable bonds is 5. The van der Waals surface area contributed by atoms with E-state index in [0.29, 0.717) is 11.4 Å². The van der Waals surface area contributed by atoms with Crippen molar-refractivity contribution in [1.82, 2.24) is 5.32 Å². The highest BCUT2D eigenvalue weighted by atomic mass is 16.3. The summed E-state index contributed by atoms with van der Waals surface area (Å²) < 4.78 is 13.0. The quantitative estimate of drug-likeness (QED) is 0.175. The van der Waals surface area contributed by atoms with Gasteiger partial charge in [0.2, 0.25) is 0 Å². The van der Waals surface area contributed by atoms with Crippen molar-refractivity contribution in [3.63, 3.8) is 0 Å². The molecule has 12 aromatic rings. The van der Waals surface area contributed by atoms with Crippen LogP contribution in [0.3, 0.4) is 0 Å². The monoisotopic (exact) mass is 818 g/mol. The second-order valence-electron chi connectivity index (χ2n) is 16.4. The van der Waals surface area contributed by atoms with E-state index in [1.54, 1.807) is 0 Å². The molecule has 0 saturated carbocycles. The molecule has 0 fully saturated rings. The molecule has 1 N–H and O–H groups in total. The minimum absolute atomic E-state index is 0.352. The van der Waals surface area contributed by atoms with Gasteiger partial charge in [0, 0.05) is 43.4 Å². The van der Waals surface area contributed by atoms with Crippen LogP contribution in [-0.4, -0.2) is 11.7 Å². The number of nitrogens with one attached hydrogen (secondary N) is 1. The summed E-state index contributed by atoms with van der Waals surface area (Å²) in [5.74, 6) is 1.38. The molecule has 64 heavy (non-hydrogen) atoms. The van der Waals surface area contributed by atoms with Crippen LogP contribution in [0, 0.1) is 11.3 Å². The van der Waals surface area contributed by atoms with Gasteiger partial charge in [-0.2, -0.15) is 5.26 Å². The van der Waals surface area contributed by atoms with E-state index in [4.69, 9.17) is 18.8 Å².